The van der Waals surface area contributed by atoms with E-state index in [-0.39, 0.29) is 75.4 Å². The van der Waals surface area contributed by atoms with Gasteiger partial charge < -0.3 is 24.0 Å². The van der Waals surface area contributed by atoms with Crippen LogP contribution >= 0.6 is 0 Å². The predicted molar refractivity (Wildman–Crippen MR) is 26.4 cm³/mol. The molecule has 8 heavy (non-hydrogen) atoms. The normalized spacial score (nSPS) is 6.00. The summed E-state index contributed by atoms with van der Waals surface area (Å²) < 4.78 is 0. The Morgan fingerprint density at radius 1 is 0.500 bits per heavy atom. The summed E-state index contributed by atoms with van der Waals surface area (Å²) in [5.41, 5.74) is 0. The maximum absolute atomic E-state index is 2.00. The molecule has 0 N–H and O–H groups in total. The van der Waals surface area contributed by atoms with E-state index < -0.39 is 0 Å². The van der Waals surface area contributed by atoms with Gasteiger partial charge in [0.05, 0.1) is 0 Å². The monoisotopic (exact) mass is 244 g/mol. The van der Waals surface area contributed by atoms with Crippen LogP contribution in [-0.2, 0) is 0 Å². The summed E-state index contributed by atoms with van der Waals surface area (Å²) in [6.45, 7) is 0. The fourth-order valence-corrected chi connectivity index (χ4v) is 0.385. The van der Waals surface area contributed by atoms with Crippen LogP contribution in [0, 0.1) is 0 Å². The van der Waals surface area contributed by atoms with Crippen LogP contribution in [0.4, 0.5) is 0 Å². The third-order valence-electron chi connectivity index (χ3n) is 0.667. The molecule has 0 nitrogen and oxygen atoms in total. The van der Waals surface area contributed by atoms with Crippen molar-refractivity contribution < 1.29 is 75.4 Å². The van der Waals surface area contributed by atoms with Crippen molar-refractivity contribution in [3.05, 3.63) is 36.4 Å². The van der Waals surface area contributed by atoms with Crippen LogP contribution in [0.5, 0.6) is 0 Å². The third-order valence-corrected chi connectivity index (χ3v) is 0.667. The van der Waals surface area contributed by atoms with Gasteiger partial charge in [0.15, 0.2) is 0 Å². The summed E-state index contributed by atoms with van der Waals surface area (Å²) in [6, 6.07) is 12.0. The molecule has 0 fully saturated rings. The second-order valence-corrected chi connectivity index (χ2v) is 1.15. The first-order valence-corrected chi connectivity index (χ1v) is 2.00. The second kappa shape index (κ2) is 8.59. The van der Waals surface area contributed by atoms with Crippen molar-refractivity contribution >= 4 is 0 Å². The number of halogens is 1. The summed E-state index contributed by atoms with van der Waals surface area (Å²) in [6.07, 6.45) is 0. The van der Waals surface area contributed by atoms with Gasteiger partial charge in [-0.1, -0.05) is 36.4 Å². The van der Waals surface area contributed by atoms with Crippen molar-refractivity contribution in [2.75, 3.05) is 0 Å². The molecule has 1 aromatic carbocycles. The van der Waals surface area contributed by atoms with Crippen LogP contribution in [0.15, 0.2) is 36.4 Å². The van der Waals surface area contributed by atoms with Gasteiger partial charge in [0.25, 0.3) is 0 Å². The molecular weight excluding hydrogens is 238 g/mol. The maximum Gasteiger partial charge on any atom is 1.00 e. The summed E-state index contributed by atoms with van der Waals surface area (Å²) >= 11 is 0. The van der Waals surface area contributed by atoms with E-state index in [0.717, 1.165) is 0 Å². The number of benzene rings is 1. The van der Waals surface area contributed by atoms with Crippen molar-refractivity contribution in [3.63, 3.8) is 0 Å². The molecule has 38 valence electrons. The molecule has 0 saturated carbocycles. The first-order chi connectivity index (χ1) is 3.00. The van der Waals surface area contributed by atoms with Crippen LogP contribution in [0.3, 0.4) is 0 Å². The third kappa shape index (κ3) is 5.72. The Labute approximate surface area is 109 Å². The Kier molecular flexibility index (Phi) is 13.2. The van der Waals surface area contributed by atoms with Crippen molar-refractivity contribution in [1.82, 2.24) is 0 Å². The zero-order chi connectivity index (χ0) is 4.24. The maximum atomic E-state index is 2.00. The topological polar surface area (TPSA) is 0 Å². The van der Waals surface area contributed by atoms with E-state index in [1.807, 2.05) is 36.4 Å². The van der Waals surface area contributed by atoms with Gasteiger partial charge in [-0.05, 0) is 0 Å². The van der Waals surface area contributed by atoms with Crippen LogP contribution in [0.2, 0.25) is 0 Å². The van der Waals surface area contributed by atoms with Crippen LogP contribution in [0.1, 0.15) is 0 Å². The molecule has 0 aliphatic rings. The summed E-state index contributed by atoms with van der Waals surface area (Å²) in [5, 5.41) is 0. The molecule has 0 atom stereocenters. The fourth-order valence-electron chi connectivity index (χ4n) is 0.385. The zero-order valence-electron chi connectivity index (χ0n) is 4.84. The molecule has 0 spiro atoms. The molecule has 0 bridgehead atoms. The smallest absolute Gasteiger partial charge is 1.00 e. The van der Waals surface area contributed by atoms with E-state index >= 15 is 0 Å². The number of hydrogen-bond donors (Lipinski definition) is 0. The molecule has 0 aromatic heterocycles. The molecule has 0 unspecified atom stereocenters. The Bertz CT molecular complexity index is 80.5. The second-order valence-electron chi connectivity index (χ2n) is 1.15. The standard InChI is InChI=1S/C6H6.HI.K/c1-2-4-6-5-3-1;;/h1-6H;1H;/q;;+1/p-1. The number of rotatable bonds is 0. The zero-order valence-corrected chi connectivity index (χ0v) is 10.1. The quantitative estimate of drug-likeness (QED) is 0.320. The fraction of sp³-hybridized carbons (Fsp3) is 0. The van der Waals surface area contributed by atoms with Gasteiger partial charge >= 0.3 is 51.4 Å². The van der Waals surface area contributed by atoms with Crippen LogP contribution in [0.25, 0.3) is 0 Å². The summed E-state index contributed by atoms with van der Waals surface area (Å²) in [4.78, 5) is 0. The van der Waals surface area contributed by atoms with Gasteiger partial charge in [-0.25, -0.2) is 0 Å². The molecule has 0 heterocycles. The van der Waals surface area contributed by atoms with Crippen LogP contribution < -0.4 is 75.4 Å². The largest absolute Gasteiger partial charge is 1.00 e. The van der Waals surface area contributed by atoms with Gasteiger partial charge in [-0.15, -0.1) is 0 Å². The summed E-state index contributed by atoms with van der Waals surface area (Å²) in [5.74, 6) is 0. The molecule has 0 radical (unpaired) electrons. The predicted octanol–water partition coefficient (Wildman–Crippen LogP) is -4.31. The molecular formula is C6H6IK. The first-order valence-electron chi connectivity index (χ1n) is 2.00. The Morgan fingerprint density at radius 2 is 0.625 bits per heavy atom. The van der Waals surface area contributed by atoms with Crippen molar-refractivity contribution in [2.45, 2.75) is 0 Å². The van der Waals surface area contributed by atoms with Gasteiger partial charge in [-0.2, -0.15) is 0 Å². The molecule has 0 aliphatic carbocycles. The molecule has 0 saturated heterocycles. The molecule has 0 aliphatic heterocycles. The van der Waals surface area contributed by atoms with E-state index in [9.17, 15) is 0 Å². The minimum Gasteiger partial charge on any atom is -1.00 e. The Balaban J connectivity index is 0. The average Bonchev–Trinajstić information content (AvgIpc) is 1.72. The van der Waals surface area contributed by atoms with E-state index in [2.05, 4.69) is 0 Å². The van der Waals surface area contributed by atoms with E-state index in [1.165, 1.54) is 0 Å². The molecule has 1 rings (SSSR count). The number of hydrogen-bond acceptors (Lipinski definition) is 0. The van der Waals surface area contributed by atoms with E-state index in [1.54, 1.807) is 0 Å². The van der Waals surface area contributed by atoms with Crippen molar-refractivity contribution in [1.29, 1.82) is 0 Å². The van der Waals surface area contributed by atoms with Gasteiger partial charge in [0, 0.05) is 0 Å². The van der Waals surface area contributed by atoms with Crippen molar-refractivity contribution in [3.8, 4) is 0 Å². The van der Waals surface area contributed by atoms with Crippen LogP contribution in [-0.4, -0.2) is 0 Å². The van der Waals surface area contributed by atoms with Gasteiger partial charge in [0.2, 0.25) is 0 Å². The van der Waals surface area contributed by atoms with Crippen molar-refractivity contribution in [2.24, 2.45) is 0 Å². The van der Waals surface area contributed by atoms with E-state index in [4.69, 9.17) is 0 Å². The Morgan fingerprint density at radius 3 is 0.750 bits per heavy atom. The average molecular weight is 244 g/mol. The minimum absolute atomic E-state index is 0. The molecule has 0 amide bonds. The first kappa shape index (κ1) is 12.3. The SMILES string of the molecule is [I-].[K+].c1ccccc1. The van der Waals surface area contributed by atoms with Gasteiger partial charge in [-0.3, -0.25) is 0 Å². The van der Waals surface area contributed by atoms with E-state index in [0.29, 0.717) is 0 Å². The van der Waals surface area contributed by atoms with Gasteiger partial charge in [0.1, 0.15) is 0 Å². The molecule has 2 heteroatoms. The summed E-state index contributed by atoms with van der Waals surface area (Å²) in [7, 11) is 0. The minimum atomic E-state index is 0. The Hall–Kier alpha value is 1.59. The molecule has 1 aromatic rings.